The molecule has 2 aromatic carbocycles. The molecule has 0 atom stereocenters. The summed E-state index contributed by atoms with van der Waals surface area (Å²) in [5.41, 5.74) is 0.210. The number of nitrogens with zero attached hydrogens (tertiary/aromatic N) is 1. The predicted molar refractivity (Wildman–Crippen MR) is 78.5 cm³/mol. The van der Waals surface area contributed by atoms with E-state index in [9.17, 15) is 13.2 Å². The lowest BCUT2D eigenvalue weighted by molar-refractivity contribution is -0.137. The number of nitrogens with one attached hydrogen (secondary N) is 1. The van der Waals surface area contributed by atoms with E-state index in [1.807, 2.05) is 0 Å². The van der Waals surface area contributed by atoms with Gasteiger partial charge in [-0.3, -0.25) is 4.57 Å². The molecular formula is C14H8ClF3N2S. The SMILES string of the molecule is FC(F)(F)c1ccccc1-n1c(=S)[nH]c2cccc(Cl)c21. The fourth-order valence-electron chi connectivity index (χ4n) is 2.25. The van der Waals surface area contributed by atoms with Gasteiger partial charge in [0, 0.05) is 0 Å². The van der Waals surface area contributed by atoms with Crippen molar-refractivity contribution in [2.45, 2.75) is 6.18 Å². The quantitative estimate of drug-likeness (QED) is 0.596. The fraction of sp³-hybridized carbons (Fsp3) is 0.0714. The van der Waals surface area contributed by atoms with Crippen LogP contribution in [0.3, 0.4) is 0 Å². The Morgan fingerprint density at radius 3 is 2.48 bits per heavy atom. The summed E-state index contributed by atoms with van der Waals surface area (Å²) < 4.78 is 41.0. The Morgan fingerprint density at radius 1 is 1.05 bits per heavy atom. The molecule has 0 saturated carbocycles. The van der Waals surface area contributed by atoms with Crippen molar-refractivity contribution < 1.29 is 13.2 Å². The number of halogens is 4. The number of H-pyrrole nitrogens is 1. The summed E-state index contributed by atoms with van der Waals surface area (Å²) in [5, 5.41) is 0.330. The third-order valence-corrected chi connectivity index (χ3v) is 3.70. The van der Waals surface area contributed by atoms with Gasteiger partial charge in [0.05, 0.1) is 27.3 Å². The van der Waals surface area contributed by atoms with E-state index in [4.69, 9.17) is 23.8 Å². The molecule has 0 bridgehead atoms. The van der Waals surface area contributed by atoms with Crippen LogP contribution >= 0.6 is 23.8 Å². The Labute approximate surface area is 127 Å². The van der Waals surface area contributed by atoms with E-state index in [1.54, 1.807) is 18.2 Å². The van der Waals surface area contributed by atoms with Crippen molar-refractivity contribution in [1.82, 2.24) is 9.55 Å². The first-order valence-corrected chi connectivity index (χ1v) is 6.74. The van der Waals surface area contributed by atoms with Crippen LogP contribution in [0.25, 0.3) is 16.7 Å². The minimum atomic E-state index is -4.48. The van der Waals surface area contributed by atoms with Crippen LogP contribution in [-0.4, -0.2) is 9.55 Å². The van der Waals surface area contributed by atoms with E-state index in [0.717, 1.165) is 6.07 Å². The molecule has 21 heavy (non-hydrogen) atoms. The number of aromatic nitrogens is 2. The Kier molecular flexibility index (Phi) is 3.30. The Balaban J connectivity index is 2.43. The van der Waals surface area contributed by atoms with Crippen LogP contribution in [0.1, 0.15) is 5.56 Å². The third-order valence-electron chi connectivity index (χ3n) is 3.11. The van der Waals surface area contributed by atoms with E-state index in [2.05, 4.69) is 4.98 Å². The van der Waals surface area contributed by atoms with Crippen LogP contribution in [0.5, 0.6) is 0 Å². The highest BCUT2D eigenvalue weighted by Gasteiger charge is 2.34. The largest absolute Gasteiger partial charge is 0.418 e. The van der Waals surface area contributed by atoms with E-state index < -0.39 is 11.7 Å². The van der Waals surface area contributed by atoms with Gasteiger partial charge in [-0.2, -0.15) is 13.2 Å². The molecular weight excluding hydrogens is 321 g/mol. The summed E-state index contributed by atoms with van der Waals surface area (Å²) in [6.45, 7) is 0. The molecule has 0 spiro atoms. The van der Waals surface area contributed by atoms with Crippen molar-refractivity contribution >= 4 is 34.9 Å². The van der Waals surface area contributed by atoms with E-state index >= 15 is 0 Å². The molecule has 3 rings (SSSR count). The number of imidazole rings is 1. The van der Waals surface area contributed by atoms with Crippen LogP contribution in [0, 0.1) is 4.77 Å². The van der Waals surface area contributed by atoms with Crippen molar-refractivity contribution in [3.05, 3.63) is 57.8 Å². The van der Waals surface area contributed by atoms with Gasteiger partial charge in [0.25, 0.3) is 0 Å². The van der Waals surface area contributed by atoms with Crippen molar-refractivity contribution in [2.75, 3.05) is 0 Å². The Bertz CT molecular complexity index is 880. The van der Waals surface area contributed by atoms with Gasteiger partial charge in [-0.15, -0.1) is 0 Å². The maximum Gasteiger partial charge on any atom is 0.418 e. The molecule has 0 radical (unpaired) electrons. The average molecular weight is 329 g/mol. The molecule has 7 heteroatoms. The number of rotatable bonds is 1. The smallest absolute Gasteiger partial charge is 0.330 e. The van der Waals surface area contributed by atoms with Gasteiger partial charge in [-0.25, -0.2) is 0 Å². The van der Waals surface area contributed by atoms with Gasteiger partial charge < -0.3 is 4.98 Å². The van der Waals surface area contributed by atoms with E-state index in [1.165, 1.54) is 22.8 Å². The third kappa shape index (κ3) is 2.34. The Morgan fingerprint density at radius 2 is 1.76 bits per heavy atom. The molecule has 3 aromatic rings. The molecule has 0 unspecified atom stereocenters. The number of para-hydroxylation sites is 2. The number of aromatic amines is 1. The maximum absolute atomic E-state index is 13.2. The molecule has 2 nitrogen and oxygen atoms in total. The van der Waals surface area contributed by atoms with Crippen molar-refractivity contribution in [2.24, 2.45) is 0 Å². The lowest BCUT2D eigenvalue weighted by Gasteiger charge is -2.14. The van der Waals surface area contributed by atoms with Gasteiger partial charge >= 0.3 is 6.18 Å². The molecule has 0 aliphatic rings. The van der Waals surface area contributed by atoms with E-state index in [0.29, 0.717) is 16.1 Å². The summed E-state index contributed by atoms with van der Waals surface area (Å²) >= 11 is 11.3. The number of hydrogen-bond donors (Lipinski definition) is 1. The number of fused-ring (bicyclic) bond motifs is 1. The van der Waals surface area contributed by atoms with Gasteiger partial charge in [-0.1, -0.05) is 29.8 Å². The first kappa shape index (κ1) is 14.2. The lowest BCUT2D eigenvalue weighted by Crippen LogP contribution is -2.10. The molecule has 0 saturated heterocycles. The van der Waals surface area contributed by atoms with Gasteiger partial charge in [0.1, 0.15) is 0 Å². The molecule has 0 amide bonds. The minimum Gasteiger partial charge on any atom is -0.330 e. The first-order valence-electron chi connectivity index (χ1n) is 5.95. The molecule has 1 heterocycles. The molecule has 0 aliphatic heterocycles. The molecule has 1 aromatic heterocycles. The topological polar surface area (TPSA) is 20.7 Å². The van der Waals surface area contributed by atoms with E-state index in [-0.39, 0.29) is 10.5 Å². The Hall–Kier alpha value is -1.79. The van der Waals surface area contributed by atoms with Crippen LogP contribution < -0.4 is 0 Å². The molecule has 1 N–H and O–H groups in total. The van der Waals surface area contributed by atoms with Gasteiger partial charge in [0.2, 0.25) is 0 Å². The monoisotopic (exact) mass is 328 g/mol. The standard InChI is InChI=1S/C14H8ClF3N2S/c15-9-5-3-6-10-12(9)20(13(21)19-10)11-7-2-1-4-8(11)14(16,17)18/h1-7H,(H,19,21). The number of hydrogen-bond acceptors (Lipinski definition) is 1. The van der Waals surface area contributed by atoms with Crippen LogP contribution in [0.4, 0.5) is 13.2 Å². The second-order valence-corrected chi connectivity index (χ2v) is 5.21. The molecule has 108 valence electrons. The highest BCUT2D eigenvalue weighted by Crippen LogP contribution is 2.36. The van der Waals surface area contributed by atoms with Crippen molar-refractivity contribution in [3.63, 3.8) is 0 Å². The predicted octanol–water partition coefficient (Wildman–Crippen LogP) is 5.36. The minimum absolute atomic E-state index is 0.0469. The average Bonchev–Trinajstić information content (AvgIpc) is 2.75. The second-order valence-electron chi connectivity index (χ2n) is 4.42. The second kappa shape index (κ2) is 4.89. The fourth-order valence-corrected chi connectivity index (χ4v) is 2.81. The zero-order valence-electron chi connectivity index (χ0n) is 10.4. The van der Waals surface area contributed by atoms with Crippen LogP contribution in [0.2, 0.25) is 5.02 Å². The lowest BCUT2D eigenvalue weighted by atomic mass is 10.1. The van der Waals surface area contributed by atoms with Crippen LogP contribution in [-0.2, 0) is 6.18 Å². The number of benzene rings is 2. The first-order chi connectivity index (χ1) is 9.89. The summed E-state index contributed by atoms with van der Waals surface area (Å²) in [6.07, 6.45) is -4.48. The summed E-state index contributed by atoms with van der Waals surface area (Å²) in [4.78, 5) is 2.87. The van der Waals surface area contributed by atoms with Crippen molar-refractivity contribution in [1.29, 1.82) is 0 Å². The number of alkyl halides is 3. The summed E-state index contributed by atoms with van der Waals surface area (Å²) in [5.74, 6) is 0. The molecule has 0 aliphatic carbocycles. The highest BCUT2D eigenvalue weighted by atomic mass is 35.5. The normalized spacial score (nSPS) is 12.0. The van der Waals surface area contributed by atoms with Gasteiger partial charge in [0.15, 0.2) is 4.77 Å². The maximum atomic E-state index is 13.2. The summed E-state index contributed by atoms with van der Waals surface area (Å²) in [6, 6.07) is 10.3. The zero-order chi connectivity index (χ0) is 15.2. The zero-order valence-corrected chi connectivity index (χ0v) is 12.0. The molecule has 0 fully saturated rings. The summed E-state index contributed by atoms with van der Waals surface area (Å²) in [7, 11) is 0. The van der Waals surface area contributed by atoms with Gasteiger partial charge in [-0.05, 0) is 36.5 Å². The van der Waals surface area contributed by atoms with Crippen LogP contribution in [0.15, 0.2) is 42.5 Å². The van der Waals surface area contributed by atoms with Crippen molar-refractivity contribution in [3.8, 4) is 5.69 Å². The highest BCUT2D eigenvalue weighted by molar-refractivity contribution is 7.71.